The molecule has 4 rings (SSSR count). The van der Waals surface area contributed by atoms with Gasteiger partial charge in [-0.2, -0.15) is 0 Å². The maximum atomic E-state index is 12.8. The van der Waals surface area contributed by atoms with E-state index in [-0.39, 0.29) is 6.03 Å². The molecule has 30 heavy (non-hydrogen) atoms. The van der Waals surface area contributed by atoms with Gasteiger partial charge in [-0.3, -0.25) is 4.90 Å². The van der Waals surface area contributed by atoms with Crippen molar-refractivity contribution < 1.29 is 9.53 Å². The molecule has 0 saturated carbocycles. The largest absolute Gasteiger partial charge is 0.487 e. The van der Waals surface area contributed by atoms with Crippen molar-refractivity contribution in [2.24, 2.45) is 0 Å². The average Bonchev–Trinajstić information content (AvgIpc) is 3.18. The van der Waals surface area contributed by atoms with Gasteiger partial charge < -0.3 is 15.0 Å². The summed E-state index contributed by atoms with van der Waals surface area (Å²) in [6, 6.07) is 17.9. The second-order valence-electron chi connectivity index (χ2n) is 7.33. The highest BCUT2D eigenvalue weighted by Gasteiger charge is 2.19. The molecule has 2 aromatic carbocycles. The Morgan fingerprint density at radius 1 is 1.07 bits per heavy atom. The van der Waals surface area contributed by atoms with Gasteiger partial charge in [-0.05, 0) is 24.1 Å². The van der Waals surface area contributed by atoms with Crippen LogP contribution in [0.2, 0.25) is 0 Å². The molecular weight excluding hydrogens is 396 g/mol. The number of hydrogen-bond donors (Lipinski definition) is 1. The summed E-state index contributed by atoms with van der Waals surface area (Å²) in [4.78, 5) is 21.3. The van der Waals surface area contributed by atoms with Gasteiger partial charge in [0.25, 0.3) is 0 Å². The molecule has 156 valence electrons. The van der Waals surface area contributed by atoms with Crippen molar-refractivity contribution in [3.8, 4) is 5.75 Å². The Bertz CT molecular complexity index is 933. The zero-order chi connectivity index (χ0) is 20.6. The summed E-state index contributed by atoms with van der Waals surface area (Å²) in [7, 11) is 0. The lowest BCUT2D eigenvalue weighted by atomic mass is 10.2. The quantitative estimate of drug-likeness (QED) is 0.637. The van der Waals surface area contributed by atoms with Gasteiger partial charge in [-0.25, -0.2) is 9.78 Å². The number of nitrogens with one attached hydrogen (secondary N) is 1. The second-order valence-corrected chi connectivity index (χ2v) is 8.05. The number of carbonyl (C=O) groups is 1. The molecule has 1 N–H and O–H groups in total. The van der Waals surface area contributed by atoms with Crippen LogP contribution in [0, 0.1) is 0 Å². The molecule has 1 aromatic heterocycles. The normalized spacial score (nSPS) is 14.9. The molecule has 0 unspecified atom stereocenters. The highest BCUT2D eigenvalue weighted by atomic mass is 32.1. The number of thiazole rings is 1. The van der Waals surface area contributed by atoms with Gasteiger partial charge >= 0.3 is 6.03 Å². The average molecular weight is 423 g/mol. The van der Waals surface area contributed by atoms with Gasteiger partial charge in [0.1, 0.15) is 12.4 Å². The molecule has 3 aromatic rings. The number of benzene rings is 2. The first-order chi connectivity index (χ1) is 14.8. The highest BCUT2D eigenvalue weighted by molar-refractivity contribution is 7.07. The van der Waals surface area contributed by atoms with Crippen LogP contribution in [-0.4, -0.2) is 47.0 Å². The number of nitrogens with zero attached hydrogens (tertiary/aromatic N) is 3. The number of amides is 2. The number of aromatic nitrogens is 1. The third-order valence-electron chi connectivity index (χ3n) is 5.08. The summed E-state index contributed by atoms with van der Waals surface area (Å²) >= 11 is 1.55. The van der Waals surface area contributed by atoms with E-state index in [0.717, 1.165) is 50.5 Å². The molecule has 7 heteroatoms. The molecular formula is C23H26N4O2S. The molecule has 0 atom stereocenters. The molecule has 1 aliphatic rings. The second kappa shape index (κ2) is 10.2. The Balaban J connectivity index is 1.28. The first-order valence-corrected chi connectivity index (χ1v) is 11.1. The van der Waals surface area contributed by atoms with Gasteiger partial charge in [-0.1, -0.05) is 36.4 Å². The van der Waals surface area contributed by atoms with Gasteiger partial charge in [0, 0.05) is 49.9 Å². The summed E-state index contributed by atoms with van der Waals surface area (Å²) in [6.45, 7) is 4.70. The molecule has 2 amide bonds. The van der Waals surface area contributed by atoms with E-state index in [1.807, 2.05) is 40.6 Å². The number of hydrogen-bond acceptors (Lipinski definition) is 5. The van der Waals surface area contributed by atoms with Crippen LogP contribution in [0.5, 0.6) is 5.75 Å². The third kappa shape index (κ3) is 5.81. The van der Waals surface area contributed by atoms with Crippen molar-refractivity contribution in [3.05, 3.63) is 76.7 Å². The van der Waals surface area contributed by atoms with Gasteiger partial charge in [-0.15, -0.1) is 11.3 Å². The number of ether oxygens (including phenoxy) is 1. The Labute approximate surface area is 181 Å². The fourth-order valence-corrected chi connectivity index (χ4v) is 4.05. The predicted octanol–water partition coefficient (Wildman–Crippen LogP) is 4.46. The van der Waals surface area contributed by atoms with Crippen molar-refractivity contribution in [2.75, 3.05) is 31.5 Å². The number of carbonyl (C=O) groups excluding carboxylic acids is 1. The van der Waals surface area contributed by atoms with Crippen molar-refractivity contribution >= 4 is 23.1 Å². The van der Waals surface area contributed by atoms with E-state index in [1.165, 1.54) is 5.56 Å². The summed E-state index contributed by atoms with van der Waals surface area (Å²) in [5.41, 5.74) is 4.74. The fourth-order valence-electron chi connectivity index (χ4n) is 3.51. The van der Waals surface area contributed by atoms with Crippen LogP contribution in [0.4, 0.5) is 10.5 Å². The van der Waals surface area contributed by atoms with Crippen molar-refractivity contribution in [1.29, 1.82) is 0 Å². The number of anilines is 1. The fraction of sp³-hybridized carbons (Fsp3) is 0.304. The lowest BCUT2D eigenvalue weighted by Gasteiger charge is -2.22. The Morgan fingerprint density at radius 2 is 1.97 bits per heavy atom. The van der Waals surface area contributed by atoms with Gasteiger partial charge in [0.05, 0.1) is 11.2 Å². The van der Waals surface area contributed by atoms with E-state index in [0.29, 0.717) is 12.4 Å². The Hall–Kier alpha value is -2.90. The first-order valence-electron chi connectivity index (χ1n) is 10.2. The molecule has 1 aliphatic heterocycles. The van der Waals surface area contributed by atoms with Crippen molar-refractivity contribution in [1.82, 2.24) is 14.8 Å². The standard InChI is InChI=1S/C23H26N4O2S/c28-23(25-20-8-4-9-22(14-20)29-16-21-17-30-18-24-21)27-11-5-10-26(12-13-27)15-19-6-2-1-3-7-19/h1-4,6-9,14,17-18H,5,10-13,15-16H2,(H,25,28). The first kappa shape index (κ1) is 20.4. The molecule has 0 spiro atoms. The molecule has 0 aliphatic carbocycles. The van der Waals surface area contributed by atoms with Crippen LogP contribution in [0.1, 0.15) is 17.7 Å². The zero-order valence-corrected chi connectivity index (χ0v) is 17.7. The van der Waals surface area contributed by atoms with Crippen LogP contribution in [0.15, 0.2) is 65.5 Å². The minimum Gasteiger partial charge on any atom is -0.487 e. The molecule has 2 heterocycles. The van der Waals surface area contributed by atoms with Gasteiger partial charge in [0.15, 0.2) is 0 Å². The van der Waals surface area contributed by atoms with Crippen LogP contribution < -0.4 is 10.1 Å². The summed E-state index contributed by atoms with van der Waals surface area (Å²) < 4.78 is 5.78. The van der Waals surface area contributed by atoms with Crippen LogP contribution in [-0.2, 0) is 13.2 Å². The molecule has 0 radical (unpaired) electrons. The lowest BCUT2D eigenvalue weighted by Crippen LogP contribution is -2.38. The maximum absolute atomic E-state index is 12.8. The van der Waals surface area contributed by atoms with E-state index in [1.54, 1.807) is 16.8 Å². The zero-order valence-electron chi connectivity index (χ0n) is 16.9. The van der Waals surface area contributed by atoms with E-state index in [2.05, 4.69) is 39.5 Å². The number of urea groups is 1. The SMILES string of the molecule is O=C(Nc1cccc(OCc2cscn2)c1)N1CCCN(Cc2ccccc2)CC1. The smallest absolute Gasteiger partial charge is 0.321 e. The Kier molecular flexibility index (Phi) is 6.95. The maximum Gasteiger partial charge on any atom is 0.321 e. The molecule has 1 fully saturated rings. The van der Waals surface area contributed by atoms with Crippen LogP contribution in [0.25, 0.3) is 0 Å². The minimum absolute atomic E-state index is 0.0618. The van der Waals surface area contributed by atoms with E-state index in [4.69, 9.17) is 4.74 Å². The topological polar surface area (TPSA) is 57.7 Å². The predicted molar refractivity (Wildman–Crippen MR) is 120 cm³/mol. The molecule has 0 bridgehead atoms. The highest BCUT2D eigenvalue weighted by Crippen LogP contribution is 2.19. The monoisotopic (exact) mass is 422 g/mol. The summed E-state index contributed by atoms with van der Waals surface area (Å²) in [5.74, 6) is 0.714. The number of rotatable bonds is 6. The molecule has 6 nitrogen and oxygen atoms in total. The summed E-state index contributed by atoms with van der Waals surface area (Å²) in [5, 5.41) is 4.98. The molecule has 1 saturated heterocycles. The minimum atomic E-state index is -0.0618. The van der Waals surface area contributed by atoms with Gasteiger partial charge in [0.2, 0.25) is 0 Å². The van der Waals surface area contributed by atoms with Crippen LogP contribution in [0.3, 0.4) is 0 Å². The van der Waals surface area contributed by atoms with E-state index >= 15 is 0 Å². The van der Waals surface area contributed by atoms with Crippen molar-refractivity contribution in [3.63, 3.8) is 0 Å². The summed E-state index contributed by atoms with van der Waals surface area (Å²) in [6.07, 6.45) is 0.969. The van der Waals surface area contributed by atoms with E-state index in [9.17, 15) is 4.79 Å². The van der Waals surface area contributed by atoms with E-state index < -0.39 is 0 Å². The van der Waals surface area contributed by atoms with Crippen molar-refractivity contribution in [2.45, 2.75) is 19.6 Å². The third-order valence-corrected chi connectivity index (χ3v) is 5.72. The lowest BCUT2D eigenvalue weighted by molar-refractivity contribution is 0.211. The Morgan fingerprint density at radius 3 is 2.80 bits per heavy atom. The van der Waals surface area contributed by atoms with Crippen LogP contribution >= 0.6 is 11.3 Å².